The minimum atomic E-state index is -2.17. The zero-order valence-electron chi connectivity index (χ0n) is 10.4. The second-order valence-electron chi connectivity index (χ2n) is 4.09. The topological polar surface area (TPSA) is 69.6 Å². The number of hydrogen-bond donors (Lipinski definition) is 1. The van der Waals surface area contributed by atoms with E-state index < -0.39 is 11.6 Å². The van der Waals surface area contributed by atoms with Crippen molar-refractivity contribution in [2.24, 2.45) is 0 Å². The maximum atomic E-state index is 11.4. The van der Waals surface area contributed by atoms with Crippen LogP contribution in [0, 0.1) is 0 Å². The molecule has 0 aliphatic rings. The van der Waals surface area contributed by atoms with Gasteiger partial charge in [-0.1, -0.05) is 42.5 Å². The SMILES string of the molecule is COc1ccc([C@](O)(C(=O)[O-])c2ccccc2)cc1. The van der Waals surface area contributed by atoms with E-state index in [1.54, 1.807) is 42.5 Å². The highest BCUT2D eigenvalue weighted by Crippen LogP contribution is 2.30. The van der Waals surface area contributed by atoms with Gasteiger partial charge >= 0.3 is 0 Å². The van der Waals surface area contributed by atoms with Crippen molar-refractivity contribution in [2.75, 3.05) is 7.11 Å². The summed E-state index contributed by atoms with van der Waals surface area (Å²) >= 11 is 0. The molecule has 0 radical (unpaired) electrons. The number of carbonyl (C=O) groups is 1. The van der Waals surface area contributed by atoms with Gasteiger partial charge in [-0.2, -0.15) is 0 Å². The van der Waals surface area contributed by atoms with Crippen molar-refractivity contribution in [1.82, 2.24) is 0 Å². The standard InChI is InChI=1S/C15H14O4/c1-19-13-9-7-12(8-10-13)15(18,14(16)17)11-5-3-2-4-6-11/h2-10,18H,1H3,(H,16,17)/p-1/t15-/m0/s1. The van der Waals surface area contributed by atoms with Crippen LogP contribution in [-0.2, 0) is 10.4 Å². The van der Waals surface area contributed by atoms with Gasteiger partial charge in [0.25, 0.3) is 0 Å². The third-order valence-electron chi connectivity index (χ3n) is 2.99. The minimum Gasteiger partial charge on any atom is -0.546 e. The summed E-state index contributed by atoms with van der Waals surface area (Å²) in [4.78, 5) is 11.4. The highest BCUT2D eigenvalue weighted by atomic mass is 16.5. The first kappa shape index (κ1) is 13.1. The van der Waals surface area contributed by atoms with Crippen LogP contribution < -0.4 is 9.84 Å². The number of ether oxygens (including phenoxy) is 1. The van der Waals surface area contributed by atoms with E-state index in [1.165, 1.54) is 19.2 Å². The number of hydrogen-bond acceptors (Lipinski definition) is 4. The van der Waals surface area contributed by atoms with Gasteiger partial charge in [0.15, 0.2) is 5.60 Å². The summed E-state index contributed by atoms with van der Waals surface area (Å²) in [6, 6.07) is 14.3. The number of aliphatic hydroxyl groups is 1. The van der Waals surface area contributed by atoms with Crippen molar-refractivity contribution < 1.29 is 19.7 Å². The lowest BCUT2D eigenvalue weighted by Crippen LogP contribution is -2.46. The molecule has 0 aliphatic carbocycles. The maximum absolute atomic E-state index is 11.4. The molecule has 0 bridgehead atoms. The van der Waals surface area contributed by atoms with Crippen LogP contribution in [0.25, 0.3) is 0 Å². The van der Waals surface area contributed by atoms with Gasteiger partial charge in [-0.3, -0.25) is 0 Å². The maximum Gasteiger partial charge on any atom is 0.154 e. The molecule has 0 fully saturated rings. The van der Waals surface area contributed by atoms with E-state index in [2.05, 4.69) is 0 Å². The normalized spacial score (nSPS) is 13.6. The Morgan fingerprint density at radius 1 is 1.05 bits per heavy atom. The van der Waals surface area contributed by atoms with Crippen LogP contribution in [0.1, 0.15) is 11.1 Å². The summed E-state index contributed by atoms with van der Waals surface area (Å²) in [6.07, 6.45) is 0. The predicted octanol–water partition coefficient (Wildman–Crippen LogP) is 0.681. The first-order chi connectivity index (χ1) is 9.09. The van der Waals surface area contributed by atoms with Crippen molar-refractivity contribution in [3.05, 3.63) is 65.7 Å². The molecule has 0 unspecified atom stereocenters. The van der Waals surface area contributed by atoms with Gasteiger partial charge in [0, 0.05) is 0 Å². The summed E-state index contributed by atoms with van der Waals surface area (Å²) in [5.74, 6) is -0.985. The Morgan fingerprint density at radius 3 is 2.05 bits per heavy atom. The van der Waals surface area contributed by atoms with Gasteiger partial charge in [-0.05, 0) is 23.3 Å². The fraction of sp³-hybridized carbons (Fsp3) is 0.133. The Morgan fingerprint density at radius 2 is 1.58 bits per heavy atom. The lowest BCUT2D eigenvalue weighted by atomic mass is 9.86. The Balaban J connectivity index is 2.53. The summed E-state index contributed by atoms with van der Waals surface area (Å²) in [6.45, 7) is 0. The number of carbonyl (C=O) groups excluding carboxylic acids is 1. The number of carboxylic acids is 1. The fourth-order valence-electron chi connectivity index (χ4n) is 1.91. The lowest BCUT2D eigenvalue weighted by Gasteiger charge is -2.30. The molecule has 1 atom stereocenters. The highest BCUT2D eigenvalue weighted by Gasteiger charge is 2.33. The Kier molecular flexibility index (Phi) is 3.53. The molecule has 0 saturated heterocycles. The molecule has 2 aromatic carbocycles. The zero-order valence-corrected chi connectivity index (χ0v) is 10.4. The average molecular weight is 257 g/mol. The summed E-state index contributed by atoms with van der Waals surface area (Å²) < 4.78 is 5.00. The minimum absolute atomic E-state index is 0.222. The second kappa shape index (κ2) is 5.12. The molecule has 0 aliphatic heterocycles. The molecule has 0 aromatic heterocycles. The van der Waals surface area contributed by atoms with Crippen LogP contribution in [-0.4, -0.2) is 18.2 Å². The monoisotopic (exact) mass is 257 g/mol. The molecule has 4 nitrogen and oxygen atoms in total. The van der Waals surface area contributed by atoms with Gasteiger partial charge in [0.1, 0.15) is 5.75 Å². The molecule has 0 spiro atoms. The molecule has 2 aromatic rings. The number of aliphatic carboxylic acids is 1. The summed E-state index contributed by atoms with van der Waals surface area (Å²) in [5, 5.41) is 21.9. The van der Waals surface area contributed by atoms with Crippen LogP contribution in [0.2, 0.25) is 0 Å². The van der Waals surface area contributed by atoms with Gasteiger partial charge in [0.05, 0.1) is 13.1 Å². The van der Waals surface area contributed by atoms with E-state index in [1.807, 2.05) is 0 Å². The van der Waals surface area contributed by atoms with E-state index in [0.717, 1.165) is 0 Å². The Labute approximate surface area is 110 Å². The van der Waals surface area contributed by atoms with E-state index in [-0.39, 0.29) is 11.1 Å². The van der Waals surface area contributed by atoms with E-state index >= 15 is 0 Å². The zero-order chi connectivity index (χ0) is 13.9. The van der Waals surface area contributed by atoms with Crippen LogP contribution in [0.3, 0.4) is 0 Å². The van der Waals surface area contributed by atoms with Crippen LogP contribution in [0.15, 0.2) is 54.6 Å². The van der Waals surface area contributed by atoms with Crippen molar-refractivity contribution in [3.8, 4) is 5.75 Å². The Bertz CT molecular complexity index is 562. The third-order valence-corrected chi connectivity index (χ3v) is 2.99. The summed E-state index contributed by atoms with van der Waals surface area (Å²) in [5.41, 5.74) is -1.70. The number of carboxylic acid groups (broad SMARTS) is 1. The van der Waals surface area contributed by atoms with Gasteiger partial charge in [-0.25, -0.2) is 0 Å². The number of benzene rings is 2. The quantitative estimate of drug-likeness (QED) is 0.874. The smallest absolute Gasteiger partial charge is 0.154 e. The second-order valence-corrected chi connectivity index (χ2v) is 4.09. The largest absolute Gasteiger partial charge is 0.546 e. The molecule has 4 heteroatoms. The number of methoxy groups -OCH3 is 1. The van der Waals surface area contributed by atoms with Crippen molar-refractivity contribution in [3.63, 3.8) is 0 Å². The third kappa shape index (κ3) is 2.30. The van der Waals surface area contributed by atoms with Gasteiger partial charge in [-0.15, -0.1) is 0 Å². The first-order valence-corrected chi connectivity index (χ1v) is 5.73. The first-order valence-electron chi connectivity index (χ1n) is 5.73. The fourth-order valence-corrected chi connectivity index (χ4v) is 1.91. The average Bonchev–Trinajstić information content (AvgIpc) is 2.47. The molecule has 1 N–H and O–H groups in total. The van der Waals surface area contributed by atoms with E-state index in [4.69, 9.17) is 4.74 Å². The highest BCUT2D eigenvalue weighted by molar-refractivity contribution is 5.82. The van der Waals surface area contributed by atoms with Crippen LogP contribution >= 0.6 is 0 Å². The lowest BCUT2D eigenvalue weighted by molar-refractivity contribution is -0.322. The molecule has 2 rings (SSSR count). The summed E-state index contributed by atoms with van der Waals surface area (Å²) in [7, 11) is 1.51. The molecule has 0 amide bonds. The molecule has 0 heterocycles. The Hall–Kier alpha value is -2.33. The van der Waals surface area contributed by atoms with E-state index in [0.29, 0.717) is 5.75 Å². The van der Waals surface area contributed by atoms with Crippen molar-refractivity contribution in [1.29, 1.82) is 0 Å². The number of rotatable bonds is 4. The van der Waals surface area contributed by atoms with Crippen molar-refractivity contribution in [2.45, 2.75) is 5.60 Å². The van der Waals surface area contributed by atoms with Crippen LogP contribution in [0.4, 0.5) is 0 Å². The molecular weight excluding hydrogens is 244 g/mol. The molecule has 98 valence electrons. The predicted molar refractivity (Wildman–Crippen MR) is 67.4 cm³/mol. The van der Waals surface area contributed by atoms with Crippen molar-refractivity contribution >= 4 is 5.97 Å². The molecule has 0 saturated carbocycles. The van der Waals surface area contributed by atoms with Gasteiger partial charge in [0.2, 0.25) is 0 Å². The van der Waals surface area contributed by atoms with E-state index in [9.17, 15) is 15.0 Å². The van der Waals surface area contributed by atoms with Crippen LogP contribution in [0.5, 0.6) is 5.75 Å². The van der Waals surface area contributed by atoms with Gasteiger partial charge < -0.3 is 19.7 Å². The molecular formula is C15H13O4-. The molecule has 19 heavy (non-hydrogen) atoms.